The molecule has 2 rings (SSSR count). The van der Waals surface area contributed by atoms with Crippen molar-refractivity contribution >= 4 is 29.0 Å². The summed E-state index contributed by atoms with van der Waals surface area (Å²) in [5, 5.41) is 5.46. The molecular formula is C20H21FN2O3. The van der Waals surface area contributed by atoms with Gasteiger partial charge in [-0.1, -0.05) is 13.8 Å². The van der Waals surface area contributed by atoms with Crippen molar-refractivity contribution in [1.29, 1.82) is 0 Å². The first kappa shape index (κ1) is 19.3. The maximum Gasteiger partial charge on any atom is 0.226 e. The summed E-state index contributed by atoms with van der Waals surface area (Å²) in [5.74, 6) is -1.12. The van der Waals surface area contributed by atoms with Crippen molar-refractivity contribution in [1.82, 2.24) is 0 Å². The minimum atomic E-state index is -0.410. The normalized spacial score (nSPS) is 10.5. The van der Waals surface area contributed by atoms with Gasteiger partial charge in [0.15, 0.2) is 5.78 Å². The van der Waals surface area contributed by atoms with E-state index in [1.54, 1.807) is 38.1 Å². The van der Waals surface area contributed by atoms with Gasteiger partial charge < -0.3 is 10.6 Å². The summed E-state index contributed by atoms with van der Waals surface area (Å²) in [6, 6.07) is 12.0. The van der Waals surface area contributed by atoms with Crippen LogP contribution in [0.3, 0.4) is 0 Å². The monoisotopic (exact) mass is 356 g/mol. The van der Waals surface area contributed by atoms with E-state index in [-0.39, 0.29) is 36.4 Å². The highest BCUT2D eigenvalue weighted by Gasteiger charge is 2.10. The third-order valence-electron chi connectivity index (χ3n) is 3.71. The zero-order chi connectivity index (χ0) is 19.1. The highest BCUT2D eigenvalue weighted by molar-refractivity contribution is 6.00. The molecule has 0 aliphatic heterocycles. The Morgan fingerprint density at radius 1 is 0.846 bits per heavy atom. The van der Waals surface area contributed by atoms with E-state index >= 15 is 0 Å². The number of amides is 2. The lowest BCUT2D eigenvalue weighted by atomic mass is 10.1. The highest BCUT2D eigenvalue weighted by Crippen LogP contribution is 2.15. The molecule has 6 heteroatoms. The van der Waals surface area contributed by atoms with Crippen LogP contribution in [0.4, 0.5) is 15.8 Å². The van der Waals surface area contributed by atoms with E-state index in [9.17, 15) is 18.8 Å². The minimum Gasteiger partial charge on any atom is -0.326 e. The van der Waals surface area contributed by atoms with Crippen LogP contribution in [0.1, 0.15) is 37.0 Å². The van der Waals surface area contributed by atoms with E-state index in [4.69, 9.17) is 0 Å². The van der Waals surface area contributed by atoms with E-state index in [1.165, 1.54) is 24.3 Å². The van der Waals surface area contributed by atoms with Gasteiger partial charge in [-0.15, -0.1) is 0 Å². The molecule has 0 aliphatic rings. The Kier molecular flexibility index (Phi) is 6.60. The number of halogens is 1. The third kappa shape index (κ3) is 5.81. The van der Waals surface area contributed by atoms with Gasteiger partial charge in [0.1, 0.15) is 5.82 Å². The Labute approximate surface area is 151 Å². The predicted molar refractivity (Wildman–Crippen MR) is 98.5 cm³/mol. The molecule has 0 unspecified atom stereocenters. The van der Waals surface area contributed by atoms with Crippen molar-refractivity contribution in [2.45, 2.75) is 26.7 Å². The average molecular weight is 356 g/mol. The van der Waals surface area contributed by atoms with Crippen LogP contribution in [0.5, 0.6) is 0 Å². The summed E-state index contributed by atoms with van der Waals surface area (Å²) in [4.78, 5) is 35.6. The largest absolute Gasteiger partial charge is 0.326 e. The van der Waals surface area contributed by atoms with Crippen molar-refractivity contribution in [3.8, 4) is 0 Å². The number of anilines is 2. The minimum absolute atomic E-state index is 0.0298. The molecule has 2 amide bonds. The summed E-state index contributed by atoms with van der Waals surface area (Å²) < 4.78 is 12.8. The quantitative estimate of drug-likeness (QED) is 0.736. The van der Waals surface area contributed by atoms with Crippen molar-refractivity contribution < 1.29 is 18.8 Å². The molecule has 0 saturated heterocycles. The first-order chi connectivity index (χ1) is 12.3. The lowest BCUT2D eigenvalue weighted by molar-refractivity contribution is -0.119. The standard InChI is InChI=1S/C20H21FN2O3/c1-13(2)20(26)23-17-9-7-16(8-10-17)22-19(25)12-11-18(24)14-3-5-15(21)6-4-14/h3-10,13H,11-12H2,1-2H3,(H,22,25)(H,23,26). The van der Waals surface area contributed by atoms with Crippen LogP contribution in [0, 0.1) is 11.7 Å². The molecule has 0 atom stereocenters. The maximum absolute atomic E-state index is 12.8. The summed E-state index contributed by atoms with van der Waals surface area (Å²) >= 11 is 0. The molecule has 0 spiro atoms. The second kappa shape index (κ2) is 8.89. The summed E-state index contributed by atoms with van der Waals surface area (Å²) in [6.45, 7) is 3.61. The Bertz CT molecular complexity index is 784. The van der Waals surface area contributed by atoms with Gasteiger partial charge in [0.05, 0.1) is 0 Å². The van der Waals surface area contributed by atoms with Crippen LogP contribution in [0.15, 0.2) is 48.5 Å². The van der Waals surface area contributed by atoms with Crippen LogP contribution in [-0.2, 0) is 9.59 Å². The van der Waals surface area contributed by atoms with Crippen LogP contribution in [0.2, 0.25) is 0 Å². The number of carbonyl (C=O) groups excluding carboxylic acids is 3. The van der Waals surface area contributed by atoms with Gasteiger partial charge >= 0.3 is 0 Å². The predicted octanol–water partition coefficient (Wildman–Crippen LogP) is 4.02. The third-order valence-corrected chi connectivity index (χ3v) is 3.71. The molecule has 0 bridgehead atoms. The molecule has 2 aromatic rings. The average Bonchev–Trinajstić information content (AvgIpc) is 2.62. The molecule has 0 fully saturated rings. The SMILES string of the molecule is CC(C)C(=O)Nc1ccc(NC(=O)CCC(=O)c2ccc(F)cc2)cc1. The molecule has 0 heterocycles. The smallest absolute Gasteiger partial charge is 0.226 e. The number of carbonyl (C=O) groups is 3. The molecular weight excluding hydrogens is 335 g/mol. The van der Waals surface area contributed by atoms with Crippen molar-refractivity contribution in [2.24, 2.45) is 5.92 Å². The van der Waals surface area contributed by atoms with Gasteiger partial charge in [0.2, 0.25) is 11.8 Å². The molecule has 2 aromatic carbocycles. The topological polar surface area (TPSA) is 75.3 Å². The first-order valence-electron chi connectivity index (χ1n) is 8.34. The zero-order valence-electron chi connectivity index (χ0n) is 14.7. The number of hydrogen-bond donors (Lipinski definition) is 2. The molecule has 2 N–H and O–H groups in total. The fourth-order valence-corrected chi connectivity index (χ4v) is 2.15. The number of Topliss-reactive ketones (excluding diaryl/α,β-unsaturated/α-hetero) is 1. The number of benzene rings is 2. The van der Waals surface area contributed by atoms with Gasteiger partial charge in [0.25, 0.3) is 0 Å². The molecule has 0 radical (unpaired) electrons. The summed E-state index contributed by atoms with van der Waals surface area (Å²) in [6.07, 6.45) is 0.0715. The molecule has 0 aromatic heterocycles. The van der Waals surface area contributed by atoms with E-state index in [1.807, 2.05) is 0 Å². The first-order valence-corrected chi connectivity index (χ1v) is 8.34. The Morgan fingerprint density at radius 2 is 1.38 bits per heavy atom. The molecule has 0 aliphatic carbocycles. The summed E-state index contributed by atoms with van der Waals surface area (Å²) in [5.41, 5.74) is 1.60. The maximum atomic E-state index is 12.8. The fourth-order valence-electron chi connectivity index (χ4n) is 2.15. The fraction of sp³-hybridized carbons (Fsp3) is 0.250. The lowest BCUT2D eigenvalue weighted by Gasteiger charge is -2.09. The van der Waals surface area contributed by atoms with E-state index in [2.05, 4.69) is 10.6 Å². The van der Waals surface area contributed by atoms with E-state index < -0.39 is 5.82 Å². The van der Waals surface area contributed by atoms with Crippen molar-refractivity contribution in [3.63, 3.8) is 0 Å². The van der Waals surface area contributed by atoms with Crippen LogP contribution in [-0.4, -0.2) is 17.6 Å². The molecule has 26 heavy (non-hydrogen) atoms. The number of ketones is 1. The molecule has 5 nitrogen and oxygen atoms in total. The summed E-state index contributed by atoms with van der Waals surface area (Å²) in [7, 11) is 0. The van der Waals surface area contributed by atoms with Gasteiger partial charge in [-0.05, 0) is 48.5 Å². The van der Waals surface area contributed by atoms with E-state index in [0.717, 1.165) is 0 Å². The second-order valence-corrected chi connectivity index (χ2v) is 6.20. The highest BCUT2D eigenvalue weighted by atomic mass is 19.1. The number of hydrogen-bond acceptors (Lipinski definition) is 3. The van der Waals surface area contributed by atoms with Gasteiger partial charge in [-0.25, -0.2) is 4.39 Å². The van der Waals surface area contributed by atoms with Gasteiger partial charge in [0, 0.05) is 35.7 Å². The molecule has 136 valence electrons. The number of rotatable bonds is 7. The molecule has 0 saturated carbocycles. The van der Waals surface area contributed by atoms with Crippen LogP contribution < -0.4 is 10.6 Å². The number of nitrogens with one attached hydrogen (secondary N) is 2. The van der Waals surface area contributed by atoms with E-state index in [0.29, 0.717) is 16.9 Å². The van der Waals surface area contributed by atoms with Gasteiger partial charge in [-0.2, -0.15) is 0 Å². The Morgan fingerprint density at radius 3 is 1.92 bits per heavy atom. The van der Waals surface area contributed by atoms with Gasteiger partial charge in [-0.3, -0.25) is 14.4 Å². The van der Waals surface area contributed by atoms with Crippen molar-refractivity contribution in [2.75, 3.05) is 10.6 Å². The van der Waals surface area contributed by atoms with Crippen LogP contribution in [0.25, 0.3) is 0 Å². The zero-order valence-corrected chi connectivity index (χ0v) is 14.7. The second-order valence-electron chi connectivity index (χ2n) is 6.20. The van der Waals surface area contributed by atoms with Crippen molar-refractivity contribution in [3.05, 3.63) is 59.9 Å². The lowest BCUT2D eigenvalue weighted by Crippen LogP contribution is -2.17. The van der Waals surface area contributed by atoms with Crippen LogP contribution >= 0.6 is 0 Å². The Hall–Kier alpha value is -3.02. The Balaban J connectivity index is 1.83.